The first-order valence-electron chi connectivity index (χ1n) is 9.56. The minimum Gasteiger partial charge on any atom is -0.497 e. The van der Waals surface area contributed by atoms with Gasteiger partial charge >= 0.3 is 0 Å². The molecule has 1 aliphatic carbocycles. The predicted octanol–water partition coefficient (Wildman–Crippen LogP) is 4.63. The molecule has 0 saturated heterocycles. The smallest absolute Gasteiger partial charge is 0.219 e. The van der Waals surface area contributed by atoms with Crippen molar-refractivity contribution in [1.29, 1.82) is 0 Å². The molecule has 3 N–H and O–H groups in total. The van der Waals surface area contributed by atoms with Crippen molar-refractivity contribution in [3.8, 4) is 17.4 Å². The lowest BCUT2D eigenvalue weighted by molar-refractivity contribution is 0.407. The van der Waals surface area contributed by atoms with Gasteiger partial charge in [0.05, 0.1) is 13.7 Å². The third kappa shape index (κ3) is 7.18. The number of rotatable bonds is 6. The van der Waals surface area contributed by atoms with E-state index in [0.29, 0.717) is 30.2 Å². The van der Waals surface area contributed by atoms with Gasteiger partial charge in [-0.25, -0.2) is 9.98 Å². The average Bonchev–Trinajstić information content (AvgIpc) is 2.96. The maximum Gasteiger partial charge on any atom is 0.219 e. The Labute approximate surface area is 184 Å². The number of halogens is 1. The molecule has 7 heteroatoms. The van der Waals surface area contributed by atoms with Crippen molar-refractivity contribution in [1.82, 2.24) is 10.3 Å². The fourth-order valence-corrected chi connectivity index (χ4v) is 3.21. The van der Waals surface area contributed by atoms with Crippen LogP contribution >= 0.6 is 24.0 Å². The largest absolute Gasteiger partial charge is 0.497 e. The number of nitrogens with one attached hydrogen (secondary N) is 1. The summed E-state index contributed by atoms with van der Waals surface area (Å²) in [6.07, 6.45) is 9.30. The minimum absolute atomic E-state index is 0. The van der Waals surface area contributed by atoms with Gasteiger partial charge in [0.1, 0.15) is 11.5 Å². The quantitative estimate of drug-likeness (QED) is 0.264. The highest BCUT2D eigenvalue weighted by molar-refractivity contribution is 14.0. The Morgan fingerprint density at radius 3 is 2.57 bits per heavy atom. The molecule has 0 spiro atoms. The third-order valence-corrected chi connectivity index (χ3v) is 4.70. The molecule has 2 aromatic rings. The van der Waals surface area contributed by atoms with E-state index >= 15 is 0 Å². The van der Waals surface area contributed by atoms with Crippen LogP contribution in [-0.4, -0.2) is 24.1 Å². The van der Waals surface area contributed by atoms with Crippen LogP contribution in [0.2, 0.25) is 0 Å². The Kier molecular flexibility index (Phi) is 9.33. The molecule has 0 atom stereocenters. The van der Waals surface area contributed by atoms with Crippen LogP contribution < -0.4 is 20.5 Å². The molecule has 1 saturated carbocycles. The SMILES string of the molecule is COc1cccc(Oc2ccc(CN=C(N)NC3CCCCCC3)cn2)c1.I. The molecule has 1 aromatic carbocycles. The summed E-state index contributed by atoms with van der Waals surface area (Å²) in [5.41, 5.74) is 7.03. The van der Waals surface area contributed by atoms with Gasteiger partial charge in [-0.05, 0) is 30.5 Å². The predicted molar refractivity (Wildman–Crippen MR) is 123 cm³/mol. The van der Waals surface area contributed by atoms with Crippen LogP contribution in [0.1, 0.15) is 44.1 Å². The molecule has 0 aliphatic heterocycles. The molecular weight excluding hydrogens is 467 g/mol. The Morgan fingerprint density at radius 1 is 1.14 bits per heavy atom. The van der Waals surface area contributed by atoms with Crippen LogP contribution in [0, 0.1) is 0 Å². The van der Waals surface area contributed by atoms with Gasteiger partial charge in [-0.3, -0.25) is 0 Å². The molecule has 1 fully saturated rings. The van der Waals surface area contributed by atoms with Gasteiger partial charge in [-0.1, -0.05) is 37.8 Å². The second kappa shape index (κ2) is 11.7. The van der Waals surface area contributed by atoms with Crippen molar-refractivity contribution in [3.63, 3.8) is 0 Å². The first-order chi connectivity index (χ1) is 13.2. The summed E-state index contributed by atoms with van der Waals surface area (Å²) < 4.78 is 10.9. The maximum absolute atomic E-state index is 6.04. The molecule has 0 bridgehead atoms. The van der Waals surface area contributed by atoms with E-state index in [4.69, 9.17) is 15.2 Å². The zero-order valence-corrected chi connectivity index (χ0v) is 18.6. The summed E-state index contributed by atoms with van der Waals surface area (Å²) in [5, 5.41) is 3.35. The fraction of sp³-hybridized carbons (Fsp3) is 0.429. The van der Waals surface area contributed by atoms with Crippen LogP contribution in [0.5, 0.6) is 17.4 Å². The highest BCUT2D eigenvalue weighted by Crippen LogP contribution is 2.24. The molecule has 28 heavy (non-hydrogen) atoms. The molecule has 1 heterocycles. The lowest BCUT2D eigenvalue weighted by atomic mass is 10.1. The molecular formula is C21H29IN4O2. The Balaban J connectivity index is 0.00000280. The second-order valence-corrected chi connectivity index (χ2v) is 6.82. The van der Waals surface area contributed by atoms with Gasteiger partial charge in [-0.15, -0.1) is 24.0 Å². The summed E-state index contributed by atoms with van der Waals surface area (Å²) >= 11 is 0. The number of benzene rings is 1. The van der Waals surface area contributed by atoms with Crippen molar-refractivity contribution >= 4 is 29.9 Å². The van der Waals surface area contributed by atoms with E-state index in [1.165, 1.54) is 38.5 Å². The summed E-state index contributed by atoms with van der Waals surface area (Å²) in [4.78, 5) is 8.78. The van der Waals surface area contributed by atoms with Crippen molar-refractivity contribution in [2.75, 3.05) is 7.11 Å². The van der Waals surface area contributed by atoms with Gasteiger partial charge < -0.3 is 20.5 Å². The lowest BCUT2D eigenvalue weighted by Crippen LogP contribution is -2.39. The van der Waals surface area contributed by atoms with Crippen molar-refractivity contribution < 1.29 is 9.47 Å². The number of pyridine rings is 1. The van der Waals surface area contributed by atoms with E-state index in [9.17, 15) is 0 Å². The first-order valence-corrected chi connectivity index (χ1v) is 9.56. The molecule has 152 valence electrons. The normalized spacial score (nSPS) is 15.2. The van der Waals surface area contributed by atoms with Crippen molar-refractivity contribution in [2.24, 2.45) is 10.7 Å². The van der Waals surface area contributed by atoms with E-state index in [0.717, 1.165) is 11.3 Å². The monoisotopic (exact) mass is 496 g/mol. The Morgan fingerprint density at radius 2 is 1.89 bits per heavy atom. The van der Waals surface area contributed by atoms with Crippen molar-refractivity contribution in [2.45, 2.75) is 51.1 Å². The number of hydrogen-bond donors (Lipinski definition) is 2. The van der Waals surface area contributed by atoms with E-state index in [-0.39, 0.29) is 24.0 Å². The van der Waals surface area contributed by atoms with E-state index < -0.39 is 0 Å². The number of aromatic nitrogens is 1. The topological polar surface area (TPSA) is 81.8 Å². The summed E-state index contributed by atoms with van der Waals surface area (Å²) in [7, 11) is 1.63. The van der Waals surface area contributed by atoms with Gasteiger partial charge in [-0.2, -0.15) is 0 Å². The van der Waals surface area contributed by atoms with E-state index in [2.05, 4.69) is 15.3 Å². The van der Waals surface area contributed by atoms with E-state index in [1.54, 1.807) is 13.3 Å². The highest BCUT2D eigenvalue weighted by Gasteiger charge is 2.12. The summed E-state index contributed by atoms with van der Waals surface area (Å²) in [5.74, 6) is 2.47. The summed E-state index contributed by atoms with van der Waals surface area (Å²) in [6.45, 7) is 0.498. The standard InChI is InChI=1S/C21H28N4O2.HI/c1-26-18-9-6-10-19(13-18)27-20-12-11-16(14-23-20)15-24-21(22)25-17-7-4-2-3-5-8-17;/h6,9-14,17H,2-5,7-8,15H2,1H3,(H3,22,24,25);1H. The minimum atomic E-state index is 0. The second-order valence-electron chi connectivity index (χ2n) is 6.82. The Bertz CT molecular complexity index is 744. The Hall–Kier alpha value is -2.03. The average molecular weight is 496 g/mol. The molecule has 1 aliphatic rings. The van der Waals surface area contributed by atoms with Crippen LogP contribution in [0.4, 0.5) is 0 Å². The van der Waals surface area contributed by atoms with Gasteiger partial charge in [0, 0.05) is 24.4 Å². The molecule has 1 aromatic heterocycles. The number of ether oxygens (including phenoxy) is 2. The zero-order valence-electron chi connectivity index (χ0n) is 16.3. The van der Waals surface area contributed by atoms with Crippen LogP contribution in [0.3, 0.4) is 0 Å². The van der Waals surface area contributed by atoms with Crippen LogP contribution in [0.25, 0.3) is 0 Å². The number of methoxy groups -OCH3 is 1. The molecule has 6 nitrogen and oxygen atoms in total. The molecule has 0 amide bonds. The van der Waals surface area contributed by atoms with Crippen LogP contribution in [0.15, 0.2) is 47.6 Å². The number of nitrogens with zero attached hydrogens (tertiary/aromatic N) is 2. The van der Waals surface area contributed by atoms with Gasteiger partial charge in [0.15, 0.2) is 5.96 Å². The summed E-state index contributed by atoms with van der Waals surface area (Å²) in [6, 6.07) is 11.7. The number of guanidine groups is 1. The fourth-order valence-electron chi connectivity index (χ4n) is 3.21. The molecule has 3 rings (SSSR count). The number of nitrogens with two attached hydrogens (primary N) is 1. The van der Waals surface area contributed by atoms with Gasteiger partial charge in [0.25, 0.3) is 0 Å². The lowest BCUT2D eigenvalue weighted by Gasteiger charge is -2.16. The highest BCUT2D eigenvalue weighted by atomic mass is 127. The van der Waals surface area contributed by atoms with E-state index in [1.807, 2.05) is 36.4 Å². The first kappa shape index (κ1) is 22.3. The van der Waals surface area contributed by atoms with Crippen LogP contribution in [-0.2, 0) is 6.54 Å². The third-order valence-electron chi connectivity index (χ3n) is 4.70. The molecule has 0 unspecified atom stereocenters. The molecule has 0 radical (unpaired) electrons. The van der Waals surface area contributed by atoms with Crippen molar-refractivity contribution in [3.05, 3.63) is 48.2 Å². The van der Waals surface area contributed by atoms with Gasteiger partial charge in [0.2, 0.25) is 5.88 Å². The maximum atomic E-state index is 6.04. The zero-order chi connectivity index (χ0) is 18.9. The number of aliphatic imine (C=N–C) groups is 1. The number of hydrogen-bond acceptors (Lipinski definition) is 4.